The third-order valence-electron chi connectivity index (χ3n) is 3.02. The first-order valence-electron chi connectivity index (χ1n) is 5.97. The molecule has 2 N–H and O–H groups in total. The van der Waals surface area contributed by atoms with E-state index < -0.39 is 5.97 Å². The van der Waals surface area contributed by atoms with E-state index in [4.69, 9.17) is 9.52 Å². The van der Waals surface area contributed by atoms with Crippen molar-refractivity contribution in [2.45, 2.75) is 25.9 Å². The summed E-state index contributed by atoms with van der Waals surface area (Å²) >= 11 is 0. The van der Waals surface area contributed by atoms with Gasteiger partial charge in [0, 0.05) is 19.1 Å². The molecule has 1 aliphatic heterocycles. The van der Waals surface area contributed by atoms with Gasteiger partial charge in [0.25, 0.3) is 0 Å². The van der Waals surface area contributed by atoms with Gasteiger partial charge >= 0.3 is 5.97 Å². The van der Waals surface area contributed by atoms with Crippen LogP contribution >= 0.6 is 0 Å². The number of hydrogen-bond donors (Lipinski definition) is 2. The van der Waals surface area contributed by atoms with Crippen LogP contribution in [0.15, 0.2) is 16.5 Å². The molecule has 1 aromatic rings. The van der Waals surface area contributed by atoms with Crippen LogP contribution < -0.4 is 5.32 Å². The van der Waals surface area contributed by atoms with Crippen LogP contribution in [0.5, 0.6) is 0 Å². The van der Waals surface area contributed by atoms with Gasteiger partial charge in [0.05, 0.1) is 6.54 Å². The molecule has 0 radical (unpaired) electrons. The van der Waals surface area contributed by atoms with Gasteiger partial charge in [-0.3, -0.25) is 4.90 Å². The Balaban J connectivity index is 1.98. The van der Waals surface area contributed by atoms with Crippen molar-refractivity contribution < 1.29 is 14.3 Å². The second-order valence-electron chi connectivity index (χ2n) is 4.35. The topological polar surface area (TPSA) is 65.7 Å². The van der Waals surface area contributed by atoms with Crippen LogP contribution in [0.2, 0.25) is 0 Å². The number of nitrogens with one attached hydrogen (secondary N) is 1. The summed E-state index contributed by atoms with van der Waals surface area (Å²) in [6.45, 7) is 5.85. The number of hydrogen-bond acceptors (Lipinski definition) is 4. The van der Waals surface area contributed by atoms with Crippen LogP contribution in [0.4, 0.5) is 0 Å². The van der Waals surface area contributed by atoms with Crippen LogP contribution in [-0.4, -0.2) is 41.7 Å². The van der Waals surface area contributed by atoms with Crippen molar-refractivity contribution in [3.63, 3.8) is 0 Å². The average Bonchev–Trinajstić information content (AvgIpc) is 2.64. The average molecular weight is 238 g/mol. The Morgan fingerprint density at radius 1 is 1.59 bits per heavy atom. The van der Waals surface area contributed by atoms with Crippen molar-refractivity contribution >= 4 is 5.97 Å². The van der Waals surface area contributed by atoms with Crippen molar-refractivity contribution in [1.29, 1.82) is 0 Å². The summed E-state index contributed by atoms with van der Waals surface area (Å²) in [4.78, 5) is 13.0. The van der Waals surface area contributed by atoms with E-state index in [1.807, 2.05) is 0 Å². The summed E-state index contributed by atoms with van der Waals surface area (Å²) in [6.07, 6.45) is 1.09. The van der Waals surface area contributed by atoms with Crippen molar-refractivity contribution in [2.24, 2.45) is 0 Å². The van der Waals surface area contributed by atoms with Gasteiger partial charge in [-0.25, -0.2) is 4.79 Å². The maximum Gasteiger partial charge on any atom is 0.371 e. The lowest BCUT2D eigenvalue weighted by Gasteiger charge is -2.37. The fourth-order valence-electron chi connectivity index (χ4n) is 1.99. The highest BCUT2D eigenvalue weighted by atomic mass is 16.4. The van der Waals surface area contributed by atoms with Crippen LogP contribution in [0.25, 0.3) is 0 Å². The Morgan fingerprint density at radius 2 is 2.35 bits per heavy atom. The van der Waals surface area contributed by atoms with Crippen LogP contribution in [0, 0.1) is 0 Å². The zero-order chi connectivity index (χ0) is 12.3. The van der Waals surface area contributed by atoms with Crippen LogP contribution in [-0.2, 0) is 6.54 Å². The zero-order valence-electron chi connectivity index (χ0n) is 9.98. The van der Waals surface area contributed by atoms with Crippen LogP contribution in [0.1, 0.15) is 29.7 Å². The molecule has 5 nitrogen and oxygen atoms in total. The molecule has 94 valence electrons. The standard InChI is InChI=1S/C12H18N2O3/c1-2-5-14(9-6-13-7-9)8-10-3-4-11(17-10)12(15)16/h3-4,9,13H,2,5-8H2,1H3,(H,15,16). The number of nitrogens with zero attached hydrogens (tertiary/aromatic N) is 1. The SMILES string of the molecule is CCCN(Cc1ccc(C(=O)O)o1)C1CNC1. The Bertz CT molecular complexity index is 385. The molecule has 1 aromatic heterocycles. The number of carboxylic acid groups (broad SMARTS) is 1. The lowest BCUT2D eigenvalue weighted by atomic mass is 10.1. The molecule has 0 aromatic carbocycles. The van der Waals surface area contributed by atoms with Crippen LogP contribution in [0.3, 0.4) is 0 Å². The third kappa shape index (κ3) is 2.87. The second kappa shape index (κ2) is 5.33. The minimum absolute atomic E-state index is 0.0168. The molecule has 0 saturated carbocycles. The van der Waals surface area contributed by atoms with Crippen molar-refractivity contribution in [2.75, 3.05) is 19.6 Å². The first-order chi connectivity index (χ1) is 8.20. The predicted molar refractivity (Wildman–Crippen MR) is 63.0 cm³/mol. The summed E-state index contributed by atoms with van der Waals surface area (Å²) < 4.78 is 5.28. The van der Waals surface area contributed by atoms with Gasteiger partial charge in [0.2, 0.25) is 5.76 Å². The van der Waals surface area contributed by atoms with Gasteiger partial charge in [-0.05, 0) is 25.1 Å². The Kier molecular flexibility index (Phi) is 3.81. The van der Waals surface area contributed by atoms with Gasteiger partial charge < -0.3 is 14.8 Å². The van der Waals surface area contributed by atoms with Gasteiger partial charge in [-0.2, -0.15) is 0 Å². The molecule has 0 amide bonds. The first kappa shape index (κ1) is 12.1. The van der Waals surface area contributed by atoms with E-state index in [-0.39, 0.29) is 5.76 Å². The van der Waals surface area contributed by atoms with Crippen molar-refractivity contribution in [3.05, 3.63) is 23.7 Å². The van der Waals surface area contributed by atoms with Gasteiger partial charge in [-0.15, -0.1) is 0 Å². The molecular formula is C12H18N2O3. The molecule has 5 heteroatoms. The fourth-order valence-corrected chi connectivity index (χ4v) is 1.99. The molecule has 1 aliphatic rings. The molecule has 1 saturated heterocycles. The minimum Gasteiger partial charge on any atom is -0.475 e. The number of furan rings is 1. The summed E-state index contributed by atoms with van der Waals surface area (Å²) in [6, 6.07) is 3.81. The molecule has 0 spiro atoms. The van der Waals surface area contributed by atoms with E-state index >= 15 is 0 Å². The molecule has 2 rings (SSSR count). The zero-order valence-corrected chi connectivity index (χ0v) is 9.98. The highest BCUT2D eigenvalue weighted by molar-refractivity contribution is 5.84. The Morgan fingerprint density at radius 3 is 2.82 bits per heavy atom. The van der Waals surface area contributed by atoms with E-state index in [1.54, 1.807) is 6.07 Å². The predicted octanol–water partition coefficient (Wildman–Crippen LogP) is 1.16. The van der Waals surface area contributed by atoms with E-state index in [9.17, 15) is 4.79 Å². The molecule has 0 aliphatic carbocycles. The summed E-state index contributed by atoms with van der Waals surface area (Å²) in [5.74, 6) is -0.269. The number of carbonyl (C=O) groups is 1. The molecule has 0 bridgehead atoms. The molecular weight excluding hydrogens is 220 g/mol. The molecule has 1 fully saturated rings. The second-order valence-corrected chi connectivity index (χ2v) is 4.35. The van der Waals surface area contributed by atoms with E-state index in [1.165, 1.54) is 6.07 Å². The van der Waals surface area contributed by atoms with E-state index in [0.29, 0.717) is 12.6 Å². The largest absolute Gasteiger partial charge is 0.475 e. The fraction of sp³-hybridized carbons (Fsp3) is 0.583. The summed E-state index contributed by atoms with van der Waals surface area (Å²) in [5, 5.41) is 12.0. The molecule has 17 heavy (non-hydrogen) atoms. The molecule has 0 unspecified atom stereocenters. The monoisotopic (exact) mass is 238 g/mol. The van der Waals surface area contributed by atoms with E-state index in [2.05, 4.69) is 17.1 Å². The summed E-state index contributed by atoms with van der Waals surface area (Å²) in [7, 11) is 0. The smallest absolute Gasteiger partial charge is 0.371 e. The molecule has 2 heterocycles. The Labute approximate surface area is 100 Å². The van der Waals surface area contributed by atoms with Crippen molar-refractivity contribution in [1.82, 2.24) is 10.2 Å². The van der Waals surface area contributed by atoms with Gasteiger partial charge in [-0.1, -0.05) is 6.92 Å². The lowest BCUT2D eigenvalue weighted by Crippen LogP contribution is -2.56. The van der Waals surface area contributed by atoms with Crippen molar-refractivity contribution in [3.8, 4) is 0 Å². The highest BCUT2D eigenvalue weighted by Crippen LogP contribution is 2.14. The Hall–Kier alpha value is -1.33. The first-order valence-corrected chi connectivity index (χ1v) is 5.97. The van der Waals surface area contributed by atoms with Gasteiger partial charge in [0.15, 0.2) is 0 Å². The molecule has 0 atom stereocenters. The maximum atomic E-state index is 10.7. The summed E-state index contributed by atoms with van der Waals surface area (Å²) in [5.41, 5.74) is 0. The lowest BCUT2D eigenvalue weighted by molar-refractivity contribution is 0.0655. The number of carboxylic acids is 1. The quantitative estimate of drug-likeness (QED) is 0.778. The normalized spacial score (nSPS) is 16.1. The maximum absolute atomic E-state index is 10.7. The minimum atomic E-state index is -1.01. The van der Waals surface area contributed by atoms with E-state index in [0.717, 1.165) is 31.8 Å². The highest BCUT2D eigenvalue weighted by Gasteiger charge is 2.24. The van der Waals surface area contributed by atoms with Gasteiger partial charge in [0.1, 0.15) is 5.76 Å². The third-order valence-corrected chi connectivity index (χ3v) is 3.02. The number of rotatable bonds is 6. The number of aromatic carboxylic acids is 1.